The molecular weight excluding hydrogens is 368 g/mol. The highest BCUT2D eigenvalue weighted by atomic mass is 16.5. The number of rotatable bonds is 6. The first-order chi connectivity index (χ1) is 13.8. The van der Waals surface area contributed by atoms with Crippen molar-refractivity contribution in [3.63, 3.8) is 0 Å². The number of amides is 2. The second-order valence-electron chi connectivity index (χ2n) is 6.95. The summed E-state index contributed by atoms with van der Waals surface area (Å²) < 4.78 is 4.92. The van der Waals surface area contributed by atoms with E-state index in [-0.39, 0.29) is 18.4 Å². The van der Waals surface area contributed by atoms with Gasteiger partial charge in [-0.2, -0.15) is 0 Å². The lowest BCUT2D eigenvalue weighted by Crippen LogP contribution is -2.35. The zero-order chi connectivity index (χ0) is 21.0. The van der Waals surface area contributed by atoms with Crippen LogP contribution in [0.25, 0.3) is 0 Å². The van der Waals surface area contributed by atoms with Crippen molar-refractivity contribution in [2.75, 3.05) is 24.2 Å². The molecule has 150 valence electrons. The predicted molar refractivity (Wildman–Crippen MR) is 112 cm³/mol. The van der Waals surface area contributed by atoms with Gasteiger partial charge in [0.05, 0.1) is 17.8 Å². The number of nitrogens with zero attached hydrogens (tertiary/aromatic N) is 2. The van der Waals surface area contributed by atoms with E-state index in [9.17, 15) is 9.59 Å². The van der Waals surface area contributed by atoms with Gasteiger partial charge in [0, 0.05) is 18.8 Å². The minimum Gasteiger partial charge on any atom is -0.360 e. The summed E-state index contributed by atoms with van der Waals surface area (Å²) in [6, 6.07) is 14.9. The molecule has 0 bridgehead atoms. The lowest BCUT2D eigenvalue weighted by atomic mass is 10.1. The van der Waals surface area contributed by atoms with E-state index in [2.05, 4.69) is 15.8 Å². The van der Waals surface area contributed by atoms with Gasteiger partial charge in [-0.25, -0.2) is 0 Å². The summed E-state index contributed by atoms with van der Waals surface area (Å²) in [5.41, 5.74) is 4.39. The van der Waals surface area contributed by atoms with E-state index in [0.29, 0.717) is 22.8 Å². The Labute approximate surface area is 169 Å². The number of carbonyl (C=O) groups excluding carboxylic acids is 2. The Hall–Kier alpha value is -3.61. The number of carbonyl (C=O) groups is 2. The summed E-state index contributed by atoms with van der Waals surface area (Å²) in [6.07, 6.45) is 0. The Bertz CT molecular complexity index is 1040. The number of anilines is 3. The topological polar surface area (TPSA) is 87.5 Å². The van der Waals surface area contributed by atoms with Crippen molar-refractivity contribution in [2.24, 2.45) is 0 Å². The second kappa shape index (κ2) is 8.60. The highest BCUT2D eigenvalue weighted by Crippen LogP contribution is 2.26. The number of likely N-dealkylation sites (N-methyl/N-ethyl adjacent to an activating group) is 1. The zero-order valence-corrected chi connectivity index (χ0v) is 16.9. The fraction of sp³-hybridized carbons (Fsp3) is 0.227. The SMILES string of the molecule is Cc1cc(NC(=O)CN(C)C(=O)c2ccccc2Nc2cccc(C)c2C)no1. The van der Waals surface area contributed by atoms with E-state index in [0.717, 1.165) is 16.8 Å². The molecule has 0 aliphatic rings. The first kappa shape index (κ1) is 20.1. The van der Waals surface area contributed by atoms with Crippen LogP contribution in [0.15, 0.2) is 53.1 Å². The molecule has 2 aromatic carbocycles. The molecule has 1 heterocycles. The third kappa shape index (κ3) is 4.82. The van der Waals surface area contributed by atoms with Crippen LogP contribution in [0.4, 0.5) is 17.2 Å². The van der Waals surface area contributed by atoms with E-state index < -0.39 is 0 Å². The van der Waals surface area contributed by atoms with Crippen LogP contribution in [-0.4, -0.2) is 35.5 Å². The van der Waals surface area contributed by atoms with Crippen LogP contribution in [0.1, 0.15) is 27.2 Å². The van der Waals surface area contributed by atoms with Gasteiger partial charge in [-0.1, -0.05) is 29.4 Å². The van der Waals surface area contributed by atoms with Gasteiger partial charge in [0.1, 0.15) is 5.76 Å². The van der Waals surface area contributed by atoms with Gasteiger partial charge in [0.25, 0.3) is 5.91 Å². The molecule has 0 spiro atoms. The van der Waals surface area contributed by atoms with Gasteiger partial charge < -0.3 is 20.1 Å². The molecule has 29 heavy (non-hydrogen) atoms. The lowest BCUT2D eigenvalue weighted by Gasteiger charge is -2.19. The molecule has 2 amide bonds. The summed E-state index contributed by atoms with van der Waals surface area (Å²) in [7, 11) is 1.59. The standard InChI is InChI=1S/C22H24N4O3/c1-14-8-7-11-18(16(14)3)23-19-10-6-5-9-17(19)22(28)26(4)13-21(27)24-20-12-15(2)29-25-20/h5-12,23H,13H2,1-4H3,(H,24,25,27). The highest BCUT2D eigenvalue weighted by molar-refractivity contribution is 6.02. The minimum absolute atomic E-state index is 0.109. The number of aryl methyl sites for hydroxylation is 2. The maximum absolute atomic E-state index is 13.0. The summed E-state index contributed by atoms with van der Waals surface area (Å²) in [5.74, 6) is 0.306. The number of hydrogen-bond donors (Lipinski definition) is 2. The maximum atomic E-state index is 13.0. The van der Waals surface area contributed by atoms with Crippen molar-refractivity contribution in [3.8, 4) is 0 Å². The number of aromatic nitrogens is 1. The Morgan fingerprint density at radius 3 is 2.48 bits per heavy atom. The predicted octanol–water partition coefficient (Wildman–Crippen LogP) is 4.05. The molecule has 7 heteroatoms. The van der Waals surface area contributed by atoms with E-state index >= 15 is 0 Å². The van der Waals surface area contributed by atoms with Crippen molar-refractivity contribution >= 4 is 29.0 Å². The van der Waals surface area contributed by atoms with Crippen molar-refractivity contribution in [2.45, 2.75) is 20.8 Å². The lowest BCUT2D eigenvalue weighted by molar-refractivity contribution is -0.116. The monoisotopic (exact) mass is 392 g/mol. The Kier molecular flexibility index (Phi) is 5.97. The van der Waals surface area contributed by atoms with Gasteiger partial charge in [0.2, 0.25) is 5.91 Å². The first-order valence-electron chi connectivity index (χ1n) is 9.26. The van der Waals surface area contributed by atoms with Crippen molar-refractivity contribution in [1.29, 1.82) is 0 Å². The molecule has 0 unspecified atom stereocenters. The smallest absolute Gasteiger partial charge is 0.256 e. The summed E-state index contributed by atoms with van der Waals surface area (Å²) in [4.78, 5) is 26.6. The van der Waals surface area contributed by atoms with Crippen LogP contribution in [0, 0.1) is 20.8 Å². The fourth-order valence-corrected chi connectivity index (χ4v) is 2.91. The van der Waals surface area contributed by atoms with Gasteiger partial charge in [-0.15, -0.1) is 0 Å². The first-order valence-corrected chi connectivity index (χ1v) is 9.26. The van der Waals surface area contributed by atoms with E-state index in [4.69, 9.17) is 4.52 Å². The van der Waals surface area contributed by atoms with Crippen LogP contribution in [0.3, 0.4) is 0 Å². The molecule has 7 nitrogen and oxygen atoms in total. The van der Waals surface area contributed by atoms with Gasteiger partial charge in [0.15, 0.2) is 5.82 Å². The molecular formula is C22H24N4O3. The molecule has 0 fully saturated rings. The van der Waals surface area contributed by atoms with Crippen molar-refractivity contribution in [3.05, 3.63) is 71.0 Å². The van der Waals surface area contributed by atoms with E-state index in [1.165, 1.54) is 4.90 Å². The normalized spacial score (nSPS) is 10.5. The molecule has 0 saturated heterocycles. The van der Waals surface area contributed by atoms with Crippen molar-refractivity contribution < 1.29 is 14.1 Å². The minimum atomic E-state index is -0.353. The van der Waals surface area contributed by atoms with Gasteiger partial charge in [-0.3, -0.25) is 9.59 Å². The zero-order valence-electron chi connectivity index (χ0n) is 16.9. The Morgan fingerprint density at radius 2 is 1.76 bits per heavy atom. The van der Waals surface area contributed by atoms with Gasteiger partial charge >= 0.3 is 0 Å². The Morgan fingerprint density at radius 1 is 1.03 bits per heavy atom. The van der Waals surface area contributed by atoms with E-state index in [1.807, 2.05) is 44.2 Å². The molecule has 0 atom stereocenters. The average molecular weight is 392 g/mol. The molecule has 3 aromatic rings. The third-order valence-electron chi connectivity index (χ3n) is 4.65. The molecule has 0 saturated carbocycles. The van der Waals surface area contributed by atoms with Crippen LogP contribution in [0.2, 0.25) is 0 Å². The number of benzene rings is 2. The second-order valence-corrected chi connectivity index (χ2v) is 6.95. The summed E-state index contributed by atoms with van der Waals surface area (Å²) in [6.45, 7) is 5.70. The van der Waals surface area contributed by atoms with Crippen LogP contribution >= 0.6 is 0 Å². The molecule has 3 rings (SSSR count). The maximum Gasteiger partial charge on any atom is 0.256 e. The van der Waals surface area contributed by atoms with Crippen molar-refractivity contribution in [1.82, 2.24) is 10.1 Å². The van der Waals surface area contributed by atoms with Crippen LogP contribution in [0.5, 0.6) is 0 Å². The van der Waals surface area contributed by atoms with Crippen LogP contribution < -0.4 is 10.6 Å². The van der Waals surface area contributed by atoms with Gasteiger partial charge in [-0.05, 0) is 50.1 Å². The molecule has 1 aromatic heterocycles. The molecule has 0 aliphatic heterocycles. The van der Waals surface area contributed by atoms with E-state index in [1.54, 1.807) is 32.2 Å². The highest BCUT2D eigenvalue weighted by Gasteiger charge is 2.19. The summed E-state index contributed by atoms with van der Waals surface area (Å²) in [5, 5.41) is 9.68. The summed E-state index contributed by atoms with van der Waals surface area (Å²) >= 11 is 0. The Balaban J connectivity index is 1.73. The number of nitrogens with one attached hydrogen (secondary N) is 2. The third-order valence-corrected chi connectivity index (χ3v) is 4.65. The number of para-hydroxylation sites is 1. The molecule has 2 N–H and O–H groups in total. The quantitative estimate of drug-likeness (QED) is 0.661. The fourth-order valence-electron chi connectivity index (χ4n) is 2.91. The average Bonchev–Trinajstić information content (AvgIpc) is 3.09. The molecule has 0 aliphatic carbocycles. The largest absolute Gasteiger partial charge is 0.360 e. The number of hydrogen-bond acceptors (Lipinski definition) is 5. The van der Waals surface area contributed by atoms with Crippen LogP contribution in [-0.2, 0) is 4.79 Å². The molecule has 0 radical (unpaired) electrons.